The van der Waals surface area contributed by atoms with Crippen LogP contribution in [0.25, 0.3) is 6.08 Å². The molecule has 2 saturated carbocycles. The topological polar surface area (TPSA) is 50.4 Å². The standard InChI is InChI=1S/C29H38N2O2.2ClH/c1-3-24(17-21-7-5-4-6-8-21)27-18-28(27)31-20-23-11-15-26(16-12-23)30-19-22-9-13-25(14-10-22)29(32)33-2;;/h4-10,13-14,17,23,26-28,30-31H,3,11-12,15-16,18-20H2,1-2H3;2*1H/b24-17+;;. The van der Waals surface area contributed by atoms with Gasteiger partial charge in [-0.3, -0.25) is 0 Å². The second kappa shape index (κ2) is 14.6. The number of hydrogen-bond acceptors (Lipinski definition) is 4. The van der Waals surface area contributed by atoms with E-state index in [9.17, 15) is 4.79 Å². The van der Waals surface area contributed by atoms with Crippen LogP contribution in [0, 0.1) is 11.8 Å². The van der Waals surface area contributed by atoms with Crippen LogP contribution in [-0.4, -0.2) is 31.7 Å². The summed E-state index contributed by atoms with van der Waals surface area (Å²) in [5.41, 5.74) is 4.73. The van der Waals surface area contributed by atoms with Gasteiger partial charge in [0, 0.05) is 18.6 Å². The van der Waals surface area contributed by atoms with Crippen molar-refractivity contribution in [2.75, 3.05) is 13.7 Å². The van der Waals surface area contributed by atoms with Gasteiger partial charge in [0.2, 0.25) is 0 Å². The average molecular weight is 520 g/mol. The van der Waals surface area contributed by atoms with Gasteiger partial charge in [0.1, 0.15) is 0 Å². The number of esters is 1. The lowest BCUT2D eigenvalue weighted by atomic mass is 9.86. The summed E-state index contributed by atoms with van der Waals surface area (Å²) in [5.74, 6) is 1.24. The van der Waals surface area contributed by atoms with Crippen LogP contribution in [0.15, 0.2) is 60.2 Å². The van der Waals surface area contributed by atoms with Crippen molar-refractivity contribution in [1.29, 1.82) is 0 Å². The average Bonchev–Trinajstić information content (AvgIpc) is 3.65. The zero-order valence-electron chi connectivity index (χ0n) is 20.9. The van der Waals surface area contributed by atoms with Crippen molar-refractivity contribution >= 4 is 36.9 Å². The molecule has 6 heteroatoms. The number of rotatable bonds is 10. The Kier molecular flexibility index (Phi) is 12.3. The second-order valence-corrected chi connectivity index (χ2v) is 9.63. The number of methoxy groups -OCH3 is 1. The molecule has 0 heterocycles. The normalized spacial score (nSPS) is 23.5. The molecule has 0 aromatic heterocycles. The number of carbonyl (C=O) groups is 1. The molecule has 4 nitrogen and oxygen atoms in total. The molecule has 4 rings (SSSR count). The lowest BCUT2D eigenvalue weighted by molar-refractivity contribution is 0.0600. The van der Waals surface area contributed by atoms with Crippen molar-refractivity contribution in [3.05, 3.63) is 76.9 Å². The number of hydrogen-bond donors (Lipinski definition) is 2. The molecule has 2 aromatic carbocycles. The highest BCUT2D eigenvalue weighted by atomic mass is 35.5. The third-order valence-electron chi connectivity index (χ3n) is 7.31. The Morgan fingerprint density at radius 2 is 1.66 bits per heavy atom. The SMILES string of the molecule is CC/C(=C\c1ccccc1)C1CC1NCC1CCC(NCc2ccc(C(=O)OC)cc2)CC1.Cl.Cl. The highest BCUT2D eigenvalue weighted by Gasteiger charge is 2.39. The molecule has 2 aliphatic rings. The maximum absolute atomic E-state index is 11.6. The van der Waals surface area contributed by atoms with Crippen molar-refractivity contribution in [2.45, 2.75) is 64.1 Å². The van der Waals surface area contributed by atoms with Gasteiger partial charge in [-0.25, -0.2) is 4.79 Å². The Hall–Kier alpha value is -1.85. The molecule has 0 radical (unpaired) electrons. The van der Waals surface area contributed by atoms with Crippen LogP contribution in [-0.2, 0) is 11.3 Å². The Balaban J connectivity index is 0.00000216. The van der Waals surface area contributed by atoms with E-state index in [0.29, 0.717) is 17.6 Å². The molecule has 2 atom stereocenters. The number of carbonyl (C=O) groups excluding carboxylic acids is 1. The van der Waals surface area contributed by atoms with E-state index in [-0.39, 0.29) is 30.8 Å². The maximum Gasteiger partial charge on any atom is 0.337 e. The van der Waals surface area contributed by atoms with Crippen LogP contribution < -0.4 is 10.6 Å². The molecule has 2 N–H and O–H groups in total. The summed E-state index contributed by atoms with van der Waals surface area (Å²) < 4.78 is 4.76. The molecule has 192 valence electrons. The van der Waals surface area contributed by atoms with E-state index < -0.39 is 0 Å². The first-order chi connectivity index (χ1) is 16.2. The predicted octanol–water partition coefficient (Wildman–Crippen LogP) is 6.44. The highest BCUT2D eigenvalue weighted by Crippen LogP contribution is 2.40. The Morgan fingerprint density at radius 3 is 2.29 bits per heavy atom. The van der Waals surface area contributed by atoms with Gasteiger partial charge in [-0.1, -0.05) is 61.0 Å². The third kappa shape index (κ3) is 8.64. The van der Waals surface area contributed by atoms with E-state index in [4.69, 9.17) is 4.74 Å². The molecule has 0 amide bonds. The lowest BCUT2D eigenvalue weighted by Gasteiger charge is -2.29. The number of nitrogens with one attached hydrogen (secondary N) is 2. The number of benzene rings is 2. The lowest BCUT2D eigenvalue weighted by Crippen LogP contribution is -2.36. The summed E-state index contributed by atoms with van der Waals surface area (Å²) in [6, 6.07) is 19.7. The summed E-state index contributed by atoms with van der Waals surface area (Å²) in [5, 5.41) is 7.58. The number of halogens is 2. The van der Waals surface area contributed by atoms with Crippen molar-refractivity contribution in [2.24, 2.45) is 11.8 Å². The minimum atomic E-state index is -0.280. The van der Waals surface area contributed by atoms with E-state index in [2.05, 4.69) is 54.0 Å². The van der Waals surface area contributed by atoms with Crippen LogP contribution in [0.3, 0.4) is 0 Å². The summed E-state index contributed by atoms with van der Waals surface area (Å²) in [6.07, 6.45) is 9.90. The van der Waals surface area contributed by atoms with Crippen LogP contribution in [0.5, 0.6) is 0 Å². The summed E-state index contributed by atoms with van der Waals surface area (Å²) in [4.78, 5) is 11.6. The molecule has 2 aromatic rings. The fraction of sp³-hybridized carbons (Fsp3) is 0.483. The van der Waals surface area contributed by atoms with Gasteiger partial charge in [0.05, 0.1) is 12.7 Å². The highest BCUT2D eigenvalue weighted by molar-refractivity contribution is 5.89. The summed E-state index contributed by atoms with van der Waals surface area (Å²) in [6.45, 7) is 4.30. The Labute approximate surface area is 223 Å². The first-order valence-corrected chi connectivity index (χ1v) is 12.6. The molecule has 0 aliphatic heterocycles. The third-order valence-corrected chi connectivity index (χ3v) is 7.31. The first-order valence-electron chi connectivity index (χ1n) is 12.6. The maximum atomic E-state index is 11.6. The quantitative estimate of drug-likeness (QED) is 0.355. The predicted molar refractivity (Wildman–Crippen MR) is 149 cm³/mol. The van der Waals surface area contributed by atoms with Gasteiger partial charge in [0.25, 0.3) is 0 Å². The monoisotopic (exact) mass is 518 g/mol. The fourth-order valence-electron chi connectivity index (χ4n) is 5.09. The molecular formula is C29H40Cl2N2O2. The van der Waals surface area contributed by atoms with Gasteiger partial charge < -0.3 is 15.4 Å². The minimum absolute atomic E-state index is 0. The van der Waals surface area contributed by atoms with Crippen LogP contribution >= 0.6 is 24.8 Å². The van der Waals surface area contributed by atoms with E-state index in [1.165, 1.54) is 50.3 Å². The summed E-state index contributed by atoms with van der Waals surface area (Å²) in [7, 11) is 1.41. The van der Waals surface area contributed by atoms with E-state index in [0.717, 1.165) is 31.3 Å². The molecule has 35 heavy (non-hydrogen) atoms. The van der Waals surface area contributed by atoms with Crippen molar-refractivity contribution in [3.63, 3.8) is 0 Å². The molecule has 0 saturated heterocycles. The molecule has 2 unspecified atom stereocenters. The Morgan fingerprint density at radius 1 is 0.971 bits per heavy atom. The Bertz CT molecular complexity index is 925. The van der Waals surface area contributed by atoms with Crippen molar-refractivity contribution in [1.82, 2.24) is 10.6 Å². The van der Waals surface area contributed by atoms with Crippen LogP contribution in [0.4, 0.5) is 0 Å². The fourth-order valence-corrected chi connectivity index (χ4v) is 5.09. The van der Waals surface area contributed by atoms with Crippen molar-refractivity contribution < 1.29 is 9.53 Å². The first kappa shape index (κ1) is 29.4. The van der Waals surface area contributed by atoms with E-state index >= 15 is 0 Å². The van der Waals surface area contributed by atoms with Gasteiger partial charge in [0.15, 0.2) is 0 Å². The van der Waals surface area contributed by atoms with E-state index in [1.807, 2.05) is 24.3 Å². The second-order valence-electron chi connectivity index (χ2n) is 9.63. The van der Waals surface area contributed by atoms with Crippen LogP contribution in [0.2, 0.25) is 0 Å². The van der Waals surface area contributed by atoms with Gasteiger partial charge in [-0.2, -0.15) is 0 Å². The van der Waals surface area contributed by atoms with Gasteiger partial charge in [-0.05, 0) is 80.2 Å². The molecule has 0 spiro atoms. The zero-order chi connectivity index (χ0) is 23.0. The molecule has 2 aliphatic carbocycles. The molecule has 2 fully saturated rings. The van der Waals surface area contributed by atoms with Crippen molar-refractivity contribution in [3.8, 4) is 0 Å². The smallest absolute Gasteiger partial charge is 0.337 e. The van der Waals surface area contributed by atoms with E-state index in [1.54, 1.807) is 5.57 Å². The molecular weight excluding hydrogens is 479 g/mol. The zero-order valence-corrected chi connectivity index (χ0v) is 22.5. The number of ether oxygens (including phenoxy) is 1. The van der Waals surface area contributed by atoms with Crippen LogP contribution in [0.1, 0.15) is 66.9 Å². The minimum Gasteiger partial charge on any atom is -0.465 e. The largest absolute Gasteiger partial charge is 0.465 e. The van der Waals surface area contributed by atoms with Gasteiger partial charge >= 0.3 is 5.97 Å². The molecule has 0 bridgehead atoms. The van der Waals surface area contributed by atoms with Gasteiger partial charge in [-0.15, -0.1) is 24.8 Å². The summed E-state index contributed by atoms with van der Waals surface area (Å²) >= 11 is 0.